The fraction of sp³-hybridized carbons (Fsp3) is 0.667. The molecule has 0 saturated carbocycles. The number of aromatic nitrogens is 1. The van der Waals surface area contributed by atoms with Gasteiger partial charge in [0.15, 0.2) is 16.1 Å². The zero-order valence-electron chi connectivity index (χ0n) is 13.2. The maximum Gasteiger partial charge on any atom is 0.324 e. The largest absolute Gasteiger partial charge is 0.465 e. The molecule has 2 rings (SSSR count). The van der Waals surface area contributed by atoms with Crippen molar-refractivity contribution in [2.24, 2.45) is 5.41 Å². The summed E-state index contributed by atoms with van der Waals surface area (Å²) < 4.78 is 10.7. The zero-order valence-corrected chi connectivity index (χ0v) is 14.0. The average Bonchev–Trinajstić information content (AvgIpc) is 3.00. The minimum atomic E-state index is -1.24. The molecule has 0 aliphatic carbocycles. The second-order valence-corrected chi connectivity index (χ2v) is 6.66. The molecule has 1 aromatic rings. The fourth-order valence-electron chi connectivity index (χ4n) is 2.86. The first-order valence-corrected chi connectivity index (χ1v) is 8.38. The predicted molar refractivity (Wildman–Crippen MR) is 83.2 cm³/mol. The molecule has 1 fully saturated rings. The first-order chi connectivity index (χ1) is 10.4. The average molecular weight is 326 g/mol. The third-order valence-corrected chi connectivity index (χ3v) is 4.71. The van der Waals surface area contributed by atoms with Crippen LogP contribution < -0.4 is 5.73 Å². The number of unbranched alkanes of at least 4 members (excludes halogenated alkanes) is 1. The molecule has 2 N–H and O–H groups in total. The summed E-state index contributed by atoms with van der Waals surface area (Å²) in [5.74, 6) is -1.02. The molecule has 0 aromatic carbocycles. The van der Waals surface area contributed by atoms with Gasteiger partial charge in [-0.15, -0.1) is 11.3 Å². The number of rotatable bonds is 6. The van der Waals surface area contributed by atoms with Crippen molar-refractivity contribution in [1.29, 1.82) is 0 Å². The number of cyclic esters (lactones) is 1. The van der Waals surface area contributed by atoms with Crippen LogP contribution in [0.3, 0.4) is 0 Å². The summed E-state index contributed by atoms with van der Waals surface area (Å²) in [7, 11) is 0. The van der Waals surface area contributed by atoms with Crippen LogP contribution in [-0.2, 0) is 24.7 Å². The molecule has 7 heteroatoms. The number of hydrogen-bond acceptors (Lipinski definition) is 7. The van der Waals surface area contributed by atoms with Gasteiger partial charge in [-0.05, 0) is 20.3 Å². The molecule has 1 aliphatic rings. The Hall–Kier alpha value is -1.63. The van der Waals surface area contributed by atoms with E-state index in [9.17, 15) is 9.59 Å². The van der Waals surface area contributed by atoms with E-state index in [0.29, 0.717) is 17.2 Å². The Balaban J connectivity index is 2.34. The first-order valence-electron chi connectivity index (χ1n) is 7.50. The Kier molecular flexibility index (Phi) is 4.75. The van der Waals surface area contributed by atoms with E-state index in [1.54, 1.807) is 19.2 Å². The summed E-state index contributed by atoms with van der Waals surface area (Å²) in [4.78, 5) is 29.2. The number of anilines is 1. The second kappa shape index (κ2) is 6.24. The van der Waals surface area contributed by atoms with Crippen molar-refractivity contribution in [3.8, 4) is 0 Å². The van der Waals surface area contributed by atoms with E-state index in [-0.39, 0.29) is 13.0 Å². The topological polar surface area (TPSA) is 91.5 Å². The van der Waals surface area contributed by atoms with E-state index in [0.717, 1.165) is 12.8 Å². The molecule has 0 amide bonds. The summed E-state index contributed by atoms with van der Waals surface area (Å²) in [6.07, 6.45) is 2.30. The highest BCUT2D eigenvalue weighted by Gasteiger charge is 2.61. The van der Waals surface area contributed by atoms with Crippen molar-refractivity contribution in [2.45, 2.75) is 52.1 Å². The third kappa shape index (κ3) is 2.82. The lowest BCUT2D eigenvalue weighted by molar-refractivity contribution is -0.166. The van der Waals surface area contributed by atoms with Crippen LogP contribution in [0.25, 0.3) is 0 Å². The summed E-state index contributed by atoms with van der Waals surface area (Å²) in [5.41, 5.74) is 4.08. The standard InChI is InChI=1S/C15H22N2O4S/c1-4-6-7-15(11(18)20-5-2)9-14(3,21-12(15)19)10-8-22-13(16)17-10/h8H,4-7,9H2,1-3H3,(H2,16,17)/t14-,15-/m0/s1. The Morgan fingerprint density at radius 3 is 2.82 bits per heavy atom. The van der Waals surface area contributed by atoms with Crippen molar-refractivity contribution >= 4 is 28.4 Å². The molecule has 1 aromatic heterocycles. The quantitative estimate of drug-likeness (QED) is 0.638. The lowest BCUT2D eigenvalue weighted by Gasteiger charge is -2.24. The van der Waals surface area contributed by atoms with Crippen molar-refractivity contribution in [3.63, 3.8) is 0 Å². The number of ether oxygens (including phenoxy) is 2. The van der Waals surface area contributed by atoms with Crippen LogP contribution in [0.4, 0.5) is 5.13 Å². The zero-order chi connectivity index (χ0) is 16.4. The summed E-state index contributed by atoms with van der Waals surface area (Å²) in [6, 6.07) is 0. The smallest absolute Gasteiger partial charge is 0.324 e. The molecule has 122 valence electrons. The Labute approximate surface area is 134 Å². The lowest BCUT2D eigenvalue weighted by atomic mass is 9.76. The first kappa shape index (κ1) is 16.7. The predicted octanol–water partition coefficient (Wildman–Crippen LogP) is 2.63. The highest BCUT2D eigenvalue weighted by molar-refractivity contribution is 7.13. The number of esters is 2. The number of carbonyl (C=O) groups excluding carboxylic acids is 2. The van der Waals surface area contributed by atoms with E-state index in [1.807, 2.05) is 6.92 Å². The minimum absolute atomic E-state index is 0.236. The summed E-state index contributed by atoms with van der Waals surface area (Å²) >= 11 is 1.29. The molecular formula is C15H22N2O4S. The number of nitrogens with two attached hydrogens (primary N) is 1. The van der Waals surface area contributed by atoms with Gasteiger partial charge in [-0.3, -0.25) is 9.59 Å². The maximum absolute atomic E-state index is 12.5. The summed E-state index contributed by atoms with van der Waals surface area (Å²) in [5, 5.41) is 2.18. The van der Waals surface area contributed by atoms with Gasteiger partial charge in [-0.2, -0.15) is 0 Å². The molecule has 22 heavy (non-hydrogen) atoms. The van der Waals surface area contributed by atoms with E-state index in [1.165, 1.54) is 11.3 Å². The van der Waals surface area contributed by atoms with E-state index in [4.69, 9.17) is 15.2 Å². The van der Waals surface area contributed by atoms with Crippen LogP contribution in [-0.4, -0.2) is 23.5 Å². The lowest BCUT2D eigenvalue weighted by Crippen LogP contribution is -2.37. The van der Waals surface area contributed by atoms with E-state index >= 15 is 0 Å². The SMILES string of the molecule is CCCC[C@@]1(C(=O)OCC)C[C@@](C)(c2csc(N)n2)OC1=O. The highest BCUT2D eigenvalue weighted by atomic mass is 32.1. The van der Waals surface area contributed by atoms with Crippen LogP contribution >= 0.6 is 11.3 Å². The van der Waals surface area contributed by atoms with Gasteiger partial charge in [0.1, 0.15) is 0 Å². The molecular weight excluding hydrogens is 304 g/mol. The summed E-state index contributed by atoms with van der Waals surface area (Å²) in [6.45, 7) is 5.75. The molecule has 0 radical (unpaired) electrons. The number of thiazole rings is 1. The van der Waals surface area contributed by atoms with Gasteiger partial charge in [0.25, 0.3) is 0 Å². The third-order valence-electron chi connectivity index (χ3n) is 4.03. The Morgan fingerprint density at radius 1 is 1.55 bits per heavy atom. The molecule has 2 atom stereocenters. The van der Waals surface area contributed by atoms with Gasteiger partial charge in [0.2, 0.25) is 0 Å². The molecule has 1 saturated heterocycles. The number of nitrogen functional groups attached to an aromatic ring is 1. The molecule has 6 nitrogen and oxygen atoms in total. The molecule has 0 spiro atoms. The van der Waals surface area contributed by atoms with Gasteiger partial charge in [0, 0.05) is 11.8 Å². The number of nitrogens with zero attached hydrogens (tertiary/aromatic N) is 1. The molecule has 2 heterocycles. The molecule has 1 aliphatic heterocycles. The van der Waals surface area contributed by atoms with Crippen molar-refractivity contribution < 1.29 is 19.1 Å². The van der Waals surface area contributed by atoms with Crippen LogP contribution in [0.15, 0.2) is 5.38 Å². The normalized spacial score (nSPS) is 27.7. The monoisotopic (exact) mass is 326 g/mol. The fourth-order valence-corrected chi connectivity index (χ4v) is 3.54. The second-order valence-electron chi connectivity index (χ2n) is 5.77. The van der Waals surface area contributed by atoms with Gasteiger partial charge >= 0.3 is 11.9 Å². The number of carbonyl (C=O) groups is 2. The molecule has 0 unspecified atom stereocenters. The van der Waals surface area contributed by atoms with Gasteiger partial charge in [0.05, 0.1) is 12.3 Å². The van der Waals surface area contributed by atoms with Crippen LogP contribution in [0.2, 0.25) is 0 Å². The van der Waals surface area contributed by atoms with Crippen LogP contribution in [0, 0.1) is 5.41 Å². The van der Waals surface area contributed by atoms with Gasteiger partial charge < -0.3 is 15.2 Å². The Bertz CT molecular complexity index is 574. The Morgan fingerprint density at radius 2 is 2.27 bits per heavy atom. The highest BCUT2D eigenvalue weighted by Crippen LogP contribution is 2.50. The van der Waals surface area contributed by atoms with Crippen molar-refractivity contribution in [1.82, 2.24) is 4.98 Å². The molecule has 0 bridgehead atoms. The van der Waals surface area contributed by atoms with Crippen LogP contribution in [0.5, 0.6) is 0 Å². The van der Waals surface area contributed by atoms with Crippen molar-refractivity contribution in [3.05, 3.63) is 11.1 Å². The van der Waals surface area contributed by atoms with E-state index < -0.39 is 23.0 Å². The van der Waals surface area contributed by atoms with Crippen LogP contribution in [0.1, 0.15) is 52.1 Å². The minimum Gasteiger partial charge on any atom is -0.465 e. The van der Waals surface area contributed by atoms with Gasteiger partial charge in [-0.25, -0.2) is 4.98 Å². The van der Waals surface area contributed by atoms with Gasteiger partial charge in [-0.1, -0.05) is 19.8 Å². The van der Waals surface area contributed by atoms with Crippen molar-refractivity contribution in [2.75, 3.05) is 12.3 Å². The number of hydrogen-bond donors (Lipinski definition) is 1. The van der Waals surface area contributed by atoms with E-state index in [2.05, 4.69) is 4.98 Å². The maximum atomic E-state index is 12.5.